The minimum absolute atomic E-state index is 0.0940. The Labute approximate surface area is 190 Å². The smallest absolute Gasteiger partial charge is 0.262 e. The molecular formula is C22H23Cl2N3O4. The molecule has 2 aromatic rings. The van der Waals surface area contributed by atoms with Crippen molar-refractivity contribution in [3.8, 4) is 5.75 Å². The highest BCUT2D eigenvalue weighted by Gasteiger charge is 2.34. The highest BCUT2D eigenvalue weighted by atomic mass is 35.5. The minimum Gasteiger partial charge on any atom is -0.484 e. The van der Waals surface area contributed by atoms with Crippen molar-refractivity contribution in [3.05, 3.63) is 52.5 Å². The van der Waals surface area contributed by atoms with E-state index in [2.05, 4.69) is 10.6 Å². The number of hydrogen-bond donors (Lipinski definition) is 2. The summed E-state index contributed by atoms with van der Waals surface area (Å²) >= 11 is 12.0. The van der Waals surface area contributed by atoms with Crippen molar-refractivity contribution in [3.63, 3.8) is 0 Å². The number of nitrogens with one attached hydrogen (secondary N) is 2. The van der Waals surface area contributed by atoms with E-state index >= 15 is 0 Å². The van der Waals surface area contributed by atoms with Crippen LogP contribution in [0.3, 0.4) is 0 Å². The number of rotatable bonds is 8. The van der Waals surface area contributed by atoms with Crippen LogP contribution >= 0.6 is 23.2 Å². The van der Waals surface area contributed by atoms with Crippen LogP contribution in [0.4, 0.5) is 11.4 Å². The molecule has 0 saturated carbocycles. The molecule has 1 heterocycles. The van der Waals surface area contributed by atoms with Crippen LogP contribution in [-0.2, 0) is 14.4 Å². The monoisotopic (exact) mass is 463 g/mol. The van der Waals surface area contributed by atoms with Crippen molar-refractivity contribution >= 4 is 52.3 Å². The van der Waals surface area contributed by atoms with E-state index in [4.69, 9.17) is 27.9 Å². The van der Waals surface area contributed by atoms with Crippen molar-refractivity contribution in [2.75, 3.05) is 29.9 Å². The average Bonchev–Trinajstić information content (AvgIpc) is 3.16. The van der Waals surface area contributed by atoms with Crippen LogP contribution in [-0.4, -0.2) is 37.4 Å². The zero-order valence-electron chi connectivity index (χ0n) is 17.0. The molecule has 1 aliphatic heterocycles. The molecule has 0 aliphatic carbocycles. The number of nitrogens with zero attached hydrogens (tertiary/aromatic N) is 1. The van der Waals surface area contributed by atoms with E-state index in [9.17, 15) is 14.4 Å². The van der Waals surface area contributed by atoms with E-state index < -0.39 is 0 Å². The van der Waals surface area contributed by atoms with Crippen LogP contribution in [0.2, 0.25) is 10.0 Å². The molecule has 0 aromatic heterocycles. The molecule has 0 spiro atoms. The molecule has 0 radical (unpaired) electrons. The summed E-state index contributed by atoms with van der Waals surface area (Å²) in [7, 11) is 0. The van der Waals surface area contributed by atoms with Gasteiger partial charge in [0.1, 0.15) is 5.75 Å². The maximum Gasteiger partial charge on any atom is 0.262 e. The van der Waals surface area contributed by atoms with Gasteiger partial charge in [-0.2, -0.15) is 0 Å². The molecule has 1 aliphatic rings. The van der Waals surface area contributed by atoms with Crippen molar-refractivity contribution in [2.24, 2.45) is 5.92 Å². The normalized spacial score (nSPS) is 15.6. The molecular weight excluding hydrogens is 441 g/mol. The lowest BCUT2D eigenvalue weighted by Gasteiger charge is -2.17. The summed E-state index contributed by atoms with van der Waals surface area (Å²) in [5, 5.41) is 6.09. The largest absolute Gasteiger partial charge is 0.484 e. The van der Waals surface area contributed by atoms with E-state index in [1.165, 1.54) is 0 Å². The lowest BCUT2D eigenvalue weighted by molar-refractivity contribution is -0.126. The fourth-order valence-electron chi connectivity index (χ4n) is 3.18. The van der Waals surface area contributed by atoms with Gasteiger partial charge >= 0.3 is 0 Å². The Morgan fingerprint density at radius 3 is 2.61 bits per heavy atom. The summed E-state index contributed by atoms with van der Waals surface area (Å²) in [6.07, 6.45) is 1.04. The summed E-state index contributed by atoms with van der Waals surface area (Å²) in [4.78, 5) is 38.2. The van der Waals surface area contributed by atoms with E-state index in [0.717, 1.165) is 6.42 Å². The number of carbonyl (C=O) groups excluding carboxylic acids is 3. The van der Waals surface area contributed by atoms with Gasteiger partial charge in [-0.05, 0) is 42.8 Å². The SMILES string of the molecule is CCCNC(=O)[C@@H]1CC(=O)N(c2ccc(OCC(=O)Nc3cccc(Cl)c3Cl)cc2)C1. The van der Waals surface area contributed by atoms with Crippen LogP contribution in [0.25, 0.3) is 0 Å². The predicted octanol–water partition coefficient (Wildman–Crippen LogP) is 3.89. The van der Waals surface area contributed by atoms with Gasteiger partial charge in [0.15, 0.2) is 6.61 Å². The van der Waals surface area contributed by atoms with Crippen LogP contribution in [0.5, 0.6) is 5.75 Å². The average molecular weight is 464 g/mol. The van der Waals surface area contributed by atoms with Crippen molar-refractivity contribution < 1.29 is 19.1 Å². The summed E-state index contributed by atoms with van der Waals surface area (Å²) in [6, 6.07) is 11.8. The van der Waals surface area contributed by atoms with Gasteiger partial charge in [-0.1, -0.05) is 36.2 Å². The number of anilines is 2. The zero-order valence-corrected chi connectivity index (χ0v) is 18.5. The number of benzene rings is 2. The van der Waals surface area contributed by atoms with Gasteiger partial charge in [-0.25, -0.2) is 0 Å². The quantitative estimate of drug-likeness (QED) is 0.621. The van der Waals surface area contributed by atoms with Gasteiger partial charge in [-0.3, -0.25) is 14.4 Å². The second-order valence-corrected chi connectivity index (χ2v) is 7.91. The summed E-state index contributed by atoms with van der Waals surface area (Å²) < 4.78 is 5.50. The summed E-state index contributed by atoms with van der Waals surface area (Å²) in [5.74, 6) is -0.451. The fraction of sp³-hybridized carbons (Fsp3) is 0.318. The van der Waals surface area contributed by atoms with Crippen molar-refractivity contribution in [2.45, 2.75) is 19.8 Å². The number of carbonyl (C=O) groups is 3. The summed E-state index contributed by atoms with van der Waals surface area (Å²) in [6.45, 7) is 2.71. The van der Waals surface area contributed by atoms with E-state index in [0.29, 0.717) is 35.2 Å². The lowest BCUT2D eigenvalue weighted by Crippen LogP contribution is -2.33. The first-order chi connectivity index (χ1) is 14.9. The molecule has 1 fully saturated rings. The van der Waals surface area contributed by atoms with Crippen LogP contribution in [0, 0.1) is 5.92 Å². The van der Waals surface area contributed by atoms with Gasteiger partial charge in [0.25, 0.3) is 5.91 Å². The maximum absolute atomic E-state index is 12.3. The van der Waals surface area contributed by atoms with Gasteiger partial charge < -0.3 is 20.3 Å². The Hall–Kier alpha value is -2.77. The summed E-state index contributed by atoms with van der Waals surface area (Å²) in [5.41, 5.74) is 1.08. The van der Waals surface area contributed by atoms with Crippen molar-refractivity contribution in [1.29, 1.82) is 0 Å². The van der Waals surface area contributed by atoms with Crippen LogP contribution < -0.4 is 20.3 Å². The first kappa shape index (κ1) is 22.9. The fourth-order valence-corrected chi connectivity index (χ4v) is 3.53. The van der Waals surface area contributed by atoms with Gasteiger partial charge in [0.2, 0.25) is 11.8 Å². The highest BCUT2D eigenvalue weighted by molar-refractivity contribution is 6.44. The van der Waals surface area contributed by atoms with Crippen molar-refractivity contribution in [1.82, 2.24) is 5.32 Å². The molecule has 2 N–H and O–H groups in total. The van der Waals surface area contributed by atoms with E-state index in [1.54, 1.807) is 47.4 Å². The minimum atomic E-state index is -0.385. The van der Waals surface area contributed by atoms with E-state index in [1.807, 2.05) is 6.92 Å². The number of hydrogen-bond acceptors (Lipinski definition) is 4. The number of halogens is 2. The Morgan fingerprint density at radius 2 is 1.90 bits per heavy atom. The predicted molar refractivity (Wildman–Crippen MR) is 121 cm³/mol. The zero-order chi connectivity index (χ0) is 22.4. The van der Waals surface area contributed by atoms with E-state index in [-0.39, 0.29) is 41.7 Å². The molecule has 0 unspecified atom stereocenters. The van der Waals surface area contributed by atoms with Gasteiger partial charge in [-0.15, -0.1) is 0 Å². The molecule has 31 heavy (non-hydrogen) atoms. The van der Waals surface area contributed by atoms with Crippen LogP contribution in [0.1, 0.15) is 19.8 Å². The maximum atomic E-state index is 12.3. The highest BCUT2D eigenvalue weighted by Crippen LogP contribution is 2.30. The van der Waals surface area contributed by atoms with Gasteiger partial charge in [0.05, 0.1) is 21.7 Å². The standard InChI is InChI=1S/C22H23Cl2N3O4/c1-2-10-25-22(30)14-11-20(29)27(12-14)15-6-8-16(9-7-15)31-13-19(28)26-18-5-3-4-17(23)21(18)24/h3-9,14H,2,10-13H2,1H3,(H,25,30)(H,26,28)/t14-/m1/s1. The molecule has 1 saturated heterocycles. The second kappa shape index (κ2) is 10.5. The molecule has 9 heteroatoms. The Morgan fingerprint density at radius 1 is 1.16 bits per heavy atom. The second-order valence-electron chi connectivity index (χ2n) is 7.13. The molecule has 0 bridgehead atoms. The Kier molecular flexibility index (Phi) is 7.76. The topological polar surface area (TPSA) is 87.7 Å². The molecule has 3 amide bonds. The number of amides is 3. The molecule has 3 rings (SSSR count). The molecule has 2 aromatic carbocycles. The lowest BCUT2D eigenvalue weighted by atomic mass is 10.1. The third-order valence-corrected chi connectivity index (χ3v) is 5.61. The molecule has 1 atom stereocenters. The third kappa shape index (κ3) is 5.89. The molecule has 7 nitrogen and oxygen atoms in total. The number of ether oxygens (including phenoxy) is 1. The first-order valence-electron chi connectivity index (χ1n) is 9.93. The Bertz CT molecular complexity index is 966. The van der Waals surface area contributed by atoms with Crippen LogP contribution in [0.15, 0.2) is 42.5 Å². The first-order valence-corrected chi connectivity index (χ1v) is 10.7. The third-order valence-electron chi connectivity index (χ3n) is 4.79. The van der Waals surface area contributed by atoms with Gasteiger partial charge in [0, 0.05) is 25.2 Å². The molecule has 164 valence electrons. The Balaban J connectivity index is 1.53.